The van der Waals surface area contributed by atoms with Gasteiger partial charge in [-0.05, 0) is 62.6 Å². The zero-order chi connectivity index (χ0) is 22.7. The highest BCUT2D eigenvalue weighted by atomic mass is 35.5. The first-order chi connectivity index (χ1) is 15.3. The average molecular weight is 455 g/mol. The summed E-state index contributed by atoms with van der Waals surface area (Å²) in [5.41, 5.74) is 3.22. The van der Waals surface area contributed by atoms with Crippen molar-refractivity contribution in [2.45, 2.75) is 39.2 Å². The molecule has 3 aromatic rings. The highest BCUT2D eigenvalue weighted by molar-refractivity contribution is 6.35. The second-order valence-electron chi connectivity index (χ2n) is 8.72. The molecule has 168 valence electrons. The minimum Gasteiger partial charge on any atom is -0.491 e. The van der Waals surface area contributed by atoms with Crippen molar-refractivity contribution in [3.05, 3.63) is 65.1 Å². The smallest absolute Gasteiger partial charge is 0.410 e. The van der Waals surface area contributed by atoms with E-state index in [1.54, 1.807) is 17.4 Å². The molecule has 0 saturated heterocycles. The van der Waals surface area contributed by atoms with E-state index < -0.39 is 5.60 Å². The Morgan fingerprint density at radius 1 is 1.25 bits per heavy atom. The van der Waals surface area contributed by atoms with Gasteiger partial charge in [0.05, 0.1) is 17.9 Å². The van der Waals surface area contributed by atoms with E-state index in [-0.39, 0.29) is 6.09 Å². The van der Waals surface area contributed by atoms with Crippen molar-refractivity contribution in [2.24, 2.45) is 0 Å². The summed E-state index contributed by atoms with van der Waals surface area (Å²) in [6.45, 7) is 7.16. The summed E-state index contributed by atoms with van der Waals surface area (Å²) in [4.78, 5) is 18.6. The van der Waals surface area contributed by atoms with E-state index in [2.05, 4.69) is 4.98 Å². The van der Waals surface area contributed by atoms with E-state index in [9.17, 15) is 4.79 Å². The summed E-state index contributed by atoms with van der Waals surface area (Å²) in [5.74, 6) is 0.731. The average Bonchev–Trinajstić information content (AvgIpc) is 3.26. The predicted octanol–water partition coefficient (Wildman–Crippen LogP) is 6.13. The van der Waals surface area contributed by atoms with Gasteiger partial charge in [0.25, 0.3) is 0 Å². The molecular formula is C25H27ClN2O4. The fourth-order valence-corrected chi connectivity index (χ4v) is 3.89. The van der Waals surface area contributed by atoms with Crippen LogP contribution in [-0.2, 0) is 11.2 Å². The third-order valence-electron chi connectivity index (χ3n) is 5.21. The van der Waals surface area contributed by atoms with Crippen LogP contribution in [0.5, 0.6) is 5.75 Å². The SMILES string of the molecule is CC(C)(C)OC(=O)N1CC=C(c2ncccc2OCCc2ccc(Cl)c3ccoc23)CC1. The van der Waals surface area contributed by atoms with Crippen molar-refractivity contribution in [1.82, 2.24) is 9.88 Å². The van der Waals surface area contributed by atoms with Gasteiger partial charge in [-0.1, -0.05) is 23.7 Å². The summed E-state index contributed by atoms with van der Waals surface area (Å²) in [6.07, 6.45) is 6.51. The lowest BCUT2D eigenvalue weighted by molar-refractivity contribution is 0.0270. The molecule has 0 aliphatic carbocycles. The van der Waals surface area contributed by atoms with Crippen LogP contribution in [0.4, 0.5) is 4.79 Å². The number of furan rings is 1. The lowest BCUT2D eigenvalue weighted by atomic mass is 10.0. The number of fused-ring (bicyclic) bond motifs is 1. The molecule has 0 unspecified atom stereocenters. The first-order valence-electron chi connectivity index (χ1n) is 10.7. The summed E-state index contributed by atoms with van der Waals surface area (Å²) < 4.78 is 17.2. The van der Waals surface area contributed by atoms with Crippen LogP contribution in [0.15, 0.2) is 53.3 Å². The Bertz CT molecular complexity index is 1150. The van der Waals surface area contributed by atoms with E-state index in [1.165, 1.54) is 0 Å². The molecule has 32 heavy (non-hydrogen) atoms. The molecule has 0 bridgehead atoms. The molecule has 0 N–H and O–H groups in total. The highest BCUT2D eigenvalue weighted by Gasteiger charge is 2.25. The van der Waals surface area contributed by atoms with Crippen LogP contribution >= 0.6 is 11.6 Å². The third kappa shape index (κ3) is 5.07. The first-order valence-corrected chi connectivity index (χ1v) is 11.1. The number of rotatable bonds is 5. The van der Waals surface area contributed by atoms with E-state index in [1.807, 2.05) is 57.2 Å². The van der Waals surface area contributed by atoms with Gasteiger partial charge in [-0.3, -0.25) is 4.98 Å². The number of aromatic nitrogens is 1. The zero-order valence-corrected chi connectivity index (χ0v) is 19.3. The van der Waals surface area contributed by atoms with Gasteiger partial charge < -0.3 is 18.8 Å². The number of nitrogens with zero attached hydrogens (tertiary/aromatic N) is 2. The molecular weight excluding hydrogens is 428 g/mol. The van der Waals surface area contributed by atoms with Crippen LogP contribution in [0.3, 0.4) is 0 Å². The molecule has 6 nitrogen and oxygen atoms in total. The molecule has 7 heteroatoms. The second-order valence-corrected chi connectivity index (χ2v) is 9.13. The molecule has 1 aromatic carbocycles. The van der Waals surface area contributed by atoms with Crippen molar-refractivity contribution in [3.63, 3.8) is 0 Å². The number of hydrogen-bond acceptors (Lipinski definition) is 5. The molecule has 3 heterocycles. The first kappa shape index (κ1) is 22.2. The Hall–Kier alpha value is -2.99. The summed E-state index contributed by atoms with van der Waals surface area (Å²) in [6, 6.07) is 9.51. The van der Waals surface area contributed by atoms with Gasteiger partial charge in [-0.25, -0.2) is 4.79 Å². The maximum Gasteiger partial charge on any atom is 0.410 e. The molecule has 0 spiro atoms. The van der Waals surface area contributed by atoms with Crippen LogP contribution in [0.2, 0.25) is 5.02 Å². The largest absolute Gasteiger partial charge is 0.491 e. The normalized spacial score (nSPS) is 14.4. The predicted molar refractivity (Wildman–Crippen MR) is 125 cm³/mol. The number of halogens is 1. The fraction of sp³-hybridized carbons (Fsp3) is 0.360. The van der Waals surface area contributed by atoms with Crippen LogP contribution in [0.1, 0.15) is 38.4 Å². The number of amides is 1. The molecule has 0 saturated carbocycles. The standard InChI is InChI=1S/C25H27ClN2O4/c1-25(2,3)32-24(29)28-13-8-17(9-14-28)22-21(5-4-12-27-22)30-15-10-18-6-7-20(26)19-11-16-31-23(18)19/h4-8,11-12,16H,9-10,13-15H2,1-3H3. The van der Waals surface area contributed by atoms with Crippen molar-refractivity contribution < 1.29 is 18.7 Å². The minimum atomic E-state index is -0.506. The maximum atomic E-state index is 12.3. The van der Waals surface area contributed by atoms with Gasteiger partial charge in [0.1, 0.15) is 22.6 Å². The van der Waals surface area contributed by atoms with Gasteiger partial charge in [-0.15, -0.1) is 0 Å². The molecule has 1 amide bonds. The summed E-state index contributed by atoms with van der Waals surface area (Å²) >= 11 is 6.23. The quantitative estimate of drug-likeness (QED) is 0.464. The topological polar surface area (TPSA) is 64.8 Å². The van der Waals surface area contributed by atoms with E-state index in [4.69, 9.17) is 25.5 Å². The number of carbonyl (C=O) groups is 1. The Balaban J connectivity index is 1.41. The molecule has 0 fully saturated rings. The molecule has 1 aliphatic heterocycles. The molecule has 0 radical (unpaired) electrons. The number of ether oxygens (including phenoxy) is 2. The third-order valence-corrected chi connectivity index (χ3v) is 5.54. The van der Waals surface area contributed by atoms with Crippen LogP contribution < -0.4 is 4.74 Å². The highest BCUT2D eigenvalue weighted by Crippen LogP contribution is 2.30. The van der Waals surface area contributed by atoms with Gasteiger partial charge >= 0.3 is 6.09 Å². The molecule has 2 aromatic heterocycles. The van der Waals surface area contributed by atoms with Crippen molar-refractivity contribution in [1.29, 1.82) is 0 Å². The summed E-state index contributed by atoms with van der Waals surface area (Å²) in [5, 5.41) is 1.59. The number of hydrogen-bond donors (Lipinski definition) is 0. The van der Waals surface area contributed by atoms with Crippen LogP contribution in [-0.4, -0.2) is 41.3 Å². The van der Waals surface area contributed by atoms with Gasteiger partial charge in [0.2, 0.25) is 0 Å². The lowest BCUT2D eigenvalue weighted by Gasteiger charge is -2.29. The second kappa shape index (κ2) is 9.25. The Morgan fingerprint density at radius 2 is 2.09 bits per heavy atom. The number of pyridine rings is 1. The summed E-state index contributed by atoms with van der Waals surface area (Å²) in [7, 11) is 0. The van der Waals surface area contributed by atoms with Crippen molar-refractivity contribution in [3.8, 4) is 5.75 Å². The van der Waals surface area contributed by atoms with Crippen LogP contribution in [0, 0.1) is 0 Å². The molecule has 0 atom stereocenters. The van der Waals surface area contributed by atoms with Crippen molar-refractivity contribution >= 4 is 34.2 Å². The lowest BCUT2D eigenvalue weighted by Crippen LogP contribution is -2.39. The van der Waals surface area contributed by atoms with Crippen molar-refractivity contribution in [2.75, 3.05) is 19.7 Å². The Kier molecular flexibility index (Phi) is 6.42. The number of benzene rings is 1. The zero-order valence-electron chi connectivity index (χ0n) is 18.6. The van der Waals surface area contributed by atoms with E-state index in [0.717, 1.165) is 33.5 Å². The fourth-order valence-electron chi connectivity index (χ4n) is 3.68. The Morgan fingerprint density at radius 3 is 2.84 bits per heavy atom. The number of carbonyl (C=O) groups excluding carboxylic acids is 1. The minimum absolute atomic E-state index is 0.294. The molecule has 4 rings (SSSR count). The van der Waals surface area contributed by atoms with Gasteiger partial charge in [-0.2, -0.15) is 0 Å². The van der Waals surface area contributed by atoms with Crippen LogP contribution in [0.25, 0.3) is 16.5 Å². The van der Waals surface area contributed by atoms with E-state index >= 15 is 0 Å². The maximum absolute atomic E-state index is 12.3. The van der Waals surface area contributed by atoms with Gasteiger partial charge in [0, 0.05) is 31.1 Å². The van der Waals surface area contributed by atoms with E-state index in [0.29, 0.717) is 37.6 Å². The molecule has 1 aliphatic rings. The Labute approximate surface area is 192 Å². The van der Waals surface area contributed by atoms with Gasteiger partial charge in [0.15, 0.2) is 0 Å². The monoisotopic (exact) mass is 454 g/mol.